The molecule has 6 nitrogen and oxygen atoms in total. The van der Waals surface area contributed by atoms with Crippen molar-refractivity contribution in [1.82, 2.24) is 15.3 Å². The molecule has 1 fully saturated rings. The molecular formula is C13H17N5OS2. The van der Waals surface area contributed by atoms with Crippen LogP contribution in [-0.4, -0.2) is 28.5 Å². The molecule has 0 radical (unpaired) electrons. The van der Waals surface area contributed by atoms with Crippen LogP contribution >= 0.6 is 22.7 Å². The maximum Gasteiger partial charge on any atom is 0.265 e. The summed E-state index contributed by atoms with van der Waals surface area (Å²) in [6, 6.07) is 0.497. The van der Waals surface area contributed by atoms with Gasteiger partial charge in [0.25, 0.3) is 5.91 Å². The fourth-order valence-electron chi connectivity index (χ4n) is 1.85. The van der Waals surface area contributed by atoms with Gasteiger partial charge < -0.3 is 16.4 Å². The zero-order valence-corrected chi connectivity index (χ0v) is 13.3. The Labute approximate surface area is 130 Å². The van der Waals surface area contributed by atoms with Gasteiger partial charge in [-0.3, -0.25) is 4.79 Å². The minimum Gasteiger partial charge on any atom is -0.382 e. The molecule has 0 bridgehead atoms. The van der Waals surface area contributed by atoms with Crippen molar-refractivity contribution in [2.24, 2.45) is 0 Å². The van der Waals surface area contributed by atoms with Gasteiger partial charge in [-0.1, -0.05) is 18.3 Å². The third-order valence-corrected chi connectivity index (χ3v) is 5.21. The topological polar surface area (TPSA) is 92.9 Å². The highest BCUT2D eigenvalue weighted by atomic mass is 32.1. The van der Waals surface area contributed by atoms with Crippen LogP contribution in [0.5, 0.6) is 0 Å². The van der Waals surface area contributed by atoms with Crippen molar-refractivity contribution < 1.29 is 4.79 Å². The van der Waals surface area contributed by atoms with Crippen molar-refractivity contribution in [2.75, 3.05) is 17.6 Å². The molecule has 1 saturated carbocycles. The summed E-state index contributed by atoms with van der Waals surface area (Å²) in [6.07, 6.45) is 4.09. The zero-order valence-electron chi connectivity index (χ0n) is 11.6. The monoisotopic (exact) mass is 323 g/mol. The average molecular weight is 323 g/mol. The number of hydrogen-bond acceptors (Lipinski definition) is 7. The molecule has 3 rings (SSSR count). The van der Waals surface area contributed by atoms with Gasteiger partial charge in [0.1, 0.15) is 10.7 Å². The van der Waals surface area contributed by atoms with Crippen LogP contribution in [0.4, 0.5) is 10.9 Å². The molecule has 8 heteroatoms. The van der Waals surface area contributed by atoms with E-state index in [0.717, 1.165) is 23.0 Å². The van der Waals surface area contributed by atoms with E-state index in [1.807, 2.05) is 12.3 Å². The van der Waals surface area contributed by atoms with E-state index in [2.05, 4.69) is 20.6 Å². The first-order valence-electron chi connectivity index (χ1n) is 6.84. The summed E-state index contributed by atoms with van der Waals surface area (Å²) in [5.41, 5.74) is 5.83. The van der Waals surface area contributed by atoms with Crippen LogP contribution < -0.4 is 16.4 Å². The molecule has 21 heavy (non-hydrogen) atoms. The molecule has 4 N–H and O–H groups in total. The lowest BCUT2D eigenvalue weighted by Crippen LogP contribution is -2.27. The van der Waals surface area contributed by atoms with Gasteiger partial charge in [-0.15, -0.1) is 11.3 Å². The van der Waals surface area contributed by atoms with Crippen molar-refractivity contribution in [1.29, 1.82) is 0 Å². The predicted octanol–water partition coefficient (Wildman–Crippen LogP) is 2.29. The Morgan fingerprint density at radius 1 is 1.57 bits per heavy atom. The summed E-state index contributed by atoms with van der Waals surface area (Å²) in [7, 11) is 0. The number of rotatable bonds is 6. The summed E-state index contributed by atoms with van der Waals surface area (Å²) in [5.74, 6) is 0.312. The Bertz CT molecular complexity index is 621. The zero-order chi connectivity index (χ0) is 14.8. The van der Waals surface area contributed by atoms with Crippen LogP contribution in [0.3, 0.4) is 0 Å². The minimum atomic E-state index is -0.169. The molecule has 1 aliphatic rings. The van der Waals surface area contributed by atoms with Gasteiger partial charge in [-0.2, -0.15) is 0 Å². The molecule has 0 spiro atoms. The van der Waals surface area contributed by atoms with E-state index in [4.69, 9.17) is 5.73 Å². The average Bonchev–Trinajstić information content (AvgIpc) is 2.97. The molecule has 0 aromatic carbocycles. The number of amides is 1. The second kappa shape index (κ2) is 5.98. The van der Waals surface area contributed by atoms with E-state index in [0.29, 0.717) is 23.3 Å². The number of anilines is 2. The first-order chi connectivity index (χ1) is 10.1. The van der Waals surface area contributed by atoms with Crippen molar-refractivity contribution >= 4 is 39.5 Å². The first kappa shape index (κ1) is 14.3. The number of nitrogen functional groups attached to an aromatic ring is 1. The van der Waals surface area contributed by atoms with E-state index >= 15 is 0 Å². The molecule has 2 aromatic heterocycles. The number of thiazole rings is 2. The summed E-state index contributed by atoms with van der Waals surface area (Å²) in [5, 5.41) is 9.84. The molecule has 1 aliphatic carbocycles. The number of aromatic nitrogens is 2. The quantitative estimate of drug-likeness (QED) is 0.758. The molecule has 0 aliphatic heterocycles. The lowest BCUT2D eigenvalue weighted by Gasteiger charge is -2.09. The molecule has 112 valence electrons. The minimum absolute atomic E-state index is 0.169. The maximum absolute atomic E-state index is 12.2. The van der Waals surface area contributed by atoms with E-state index in [-0.39, 0.29) is 11.8 Å². The smallest absolute Gasteiger partial charge is 0.265 e. The highest BCUT2D eigenvalue weighted by Crippen LogP contribution is 2.30. The van der Waals surface area contributed by atoms with Crippen LogP contribution in [0.2, 0.25) is 0 Å². The van der Waals surface area contributed by atoms with Crippen LogP contribution in [0.15, 0.2) is 11.6 Å². The largest absolute Gasteiger partial charge is 0.382 e. The standard InChI is InChI=1S/C13H17N5OS2/c1-7(12-15-4-5-20-12)6-16-11(19)9-10(14)18-13(21-9)17-8-2-3-8/h4-5,7-8H,2-3,6,14H2,1H3,(H,16,19)(H,17,18). The Balaban J connectivity index is 1.58. The lowest BCUT2D eigenvalue weighted by molar-refractivity contribution is 0.0956. The molecule has 1 unspecified atom stereocenters. The predicted molar refractivity (Wildman–Crippen MR) is 86.0 cm³/mol. The van der Waals surface area contributed by atoms with Gasteiger partial charge in [0.2, 0.25) is 0 Å². The Kier molecular flexibility index (Phi) is 4.07. The molecule has 1 amide bonds. The van der Waals surface area contributed by atoms with Crippen LogP contribution in [0.1, 0.15) is 40.4 Å². The van der Waals surface area contributed by atoms with E-state index in [9.17, 15) is 4.79 Å². The Morgan fingerprint density at radius 3 is 3.05 bits per heavy atom. The summed E-state index contributed by atoms with van der Waals surface area (Å²) < 4.78 is 0. The highest BCUT2D eigenvalue weighted by Gasteiger charge is 2.24. The van der Waals surface area contributed by atoms with Crippen molar-refractivity contribution in [3.63, 3.8) is 0 Å². The number of nitrogens with two attached hydrogens (primary N) is 1. The van der Waals surface area contributed by atoms with E-state index in [1.54, 1.807) is 17.5 Å². The summed E-state index contributed by atoms with van der Waals surface area (Å²) >= 11 is 2.91. The van der Waals surface area contributed by atoms with Crippen LogP contribution in [-0.2, 0) is 0 Å². The second-order valence-electron chi connectivity index (χ2n) is 5.13. The first-order valence-corrected chi connectivity index (χ1v) is 8.53. The summed E-state index contributed by atoms with van der Waals surface area (Å²) in [6.45, 7) is 2.57. The van der Waals surface area contributed by atoms with Crippen molar-refractivity contribution in [3.05, 3.63) is 21.5 Å². The Morgan fingerprint density at radius 2 is 2.38 bits per heavy atom. The van der Waals surface area contributed by atoms with Crippen LogP contribution in [0, 0.1) is 0 Å². The van der Waals surface area contributed by atoms with Gasteiger partial charge in [-0.05, 0) is 12.8 Å². The second-order valence-corrected chi connectivity index (χ2v) is 7.06. The molecule has 0 saturated heterocycles. The van der Waals surface area contributed by atoms with Gasteiger partial charge in [0, 0.05) is 30.1 Å². The Hall–Kier alpha value is -1.67. The molecule has 1 atom stereocenters. The number of hydrogen-bond donors (Lipinski definition) is 3. The normalized spacial score (nSPS) is 15.7. The fraction of sp³-hybridized carbons (Fsp3) is 0.462. The fourth-order valence-corrected chi connectivity index (χ4v) is 3.43. The van der Waals surface area contributed by atoms with E-state index in [1.165, 1.54) is 11.3 Å². The van der Waals surface area contributed by atoms with Gasteiger partial charge in [0.15, 0.2) is 5.13 Å². The lowest BCUT2D eigenvalue weighted by atomic mass is 10.2. The number of carbonyl (C=O) groups is 1. The van der Waals surface area contributed by atoms with Crippen molar-refractivity contribution in [2.45, 2.75) is 31.7 Å². The molecular weight excluding hydrogens is 306 g/mol. The third-order valence-electron chi connectivity index (χ3n) is 3.21. The molecule has 2 heterocycles. The van der Waals surface area contributed by atoms with Crippen molar-refractivity contribution in [3.8, 4) is 0 Å². The maximum atomic E-state index is 12.2. The summed E-state index contributed by atoms with van der Waals surface area (Å²) in [4.78, 5) is 21.1. The van der Waals surface area contributed by atoms with Gasteiger partial charge >= 0.3 is 0 Å². The van der Waals surface area contributed by atoms with Crippen LogP contribution in [0.25, 0.3) is 0 Å². The van der Waals surface area contributed by atoms with E-state index < -0.39 is 0 Å². The number of nitrogens with zero attached hydrogens (tertiary/aromatic N) is 2. The van der Waals surface area contributed by atoms with Gasteiger partial charge in [-0.25, -0.2) is 9.97 Å². The molecule has 2 aromatic rings. The highest BCUT2D eigenvalue weighted by molar-refractivity contribution is 7.18. The number of nitrogens with one attached hydrogen (secondary N) is 2. The SMILES string of the molecule is CC(CNC(=O)c1sc(NC2CC2)nc1N)c1nccs1. The van der Waals surface area contributed by atoms with Gasteiger partial charge in [0.05, 0.1) is 5.01 Å². The third kappa shape index (κ3) is 3.51. The number of carbonyl (C=O) groups excluding carboxylic acids is 1.